The lowest BCUT2D eigenvalue weighted by molar-refractivity contribution is -0.108. The molecular weight excluding hydrogens is 338 g/mol. The molecule has 2 saturated heterocycles. The number of benzene rings is 1. The summed E-state index contributed by atoms with van der Waals surface area (Å²) in [5.41, 5.74) is 1.48. The maximum Gasteiger partial charge on any atom is 0.108 e. The number of hydrogen-bond acceptors (Lipinski definition) is 5. The minimum absolute atomic E-state index is 0.107. The van der Waals surface area contributed by atoms with E-state index in [1.165, 1.54) is 5.69 Å². The van der Waals surface area contributed by atoms with Crippen LogP contribution < -0.4 is 0 Å². The number of aliphatic hydroxyl groups is 1. The second-order valence-electron chi connectivity index (χ2n) is 8.08. The van der Waals surface area contributed by atoms with Crippen molar-refractivity contribution in [1.82, 2.24) is 24.5 Å². The van der Waals surface area contributed by atoms with Gasteiger partial charge in [0.15, 0.2) is 0 Å². The number of aryl methyl sites for hydroxylation is 1. The van der Waals surface area contributed by atoms with Gasteiger partial charge in [-0.1, -0.05) is 30.3 Å². The van der Waals surface area contributed by atoms with Crippen molar-refractivity contribution in [2.75, 3.05) is 46.3 Å². The Bertz CT molecular complexity index is 740. The summed E-state index contributed by atoms with van der Waals surface area (Å²) in [5, 5.41) is 16.1. The predicted molar refractivity (Wildman–Crippen MR) is 106 cm³/mol. The van der Waals surface area contributed by atoms with Crippen molar-refractivity contribution in [3.63, 3.8) is 0 Å². The first-order valence-corrected chi connectivity index (χ1v) is 9.96. The van der Waals surface area contributed by atoms with Crippen LogP contribution in [0.2, 0.25) is 0 Å². The summed E-state index contributed by atoms with van der Waals surface area (Å²) in [6.45, 7) is 6.78. The van der Waals surface area contributed by atoms with Crippen molar-refractivity contribution < 1.29 is 5.11 Å². The van der Waals surface area contributed by atoms with Gasteiger partial charge in [0.05, 0.1) is 11.7 Å². The van der Waals surface area contributed by atoms with Gasteiger partial charge in [-0.25, -0.2) is 0 Å². The minimum Gasteiger partial charge on any atom is -0.383 e. The third-order valence-electron chi connectivity index (χ3n) is 6.35. The molecular formula is C21H31N5O. The number of nitrogens with zero attached hydrogens (tertiary/aromatic N) is 5. The van der Waals surface area contributed by atoms with E-state index in [0.717, 1.165) is 57.8 Å². The Morgan fingerprint density at radius 1 is 1.04 bits per heavy atom. The molecule has 0 spiro atoms. The zero-order valence-corrected chi connectivity index (χ0v) is 16.5. The fraction of sp³-hybridized carbons (Fsp3) is 0.571. The molecule has 3 heterocycles. The molecule has 0 bridgehead atoms. The lowest BCUT2D eigenvalue weighted by Crippen LogP contribution is -2.63. The Hall–Kier alpha value is -1.73. The van der Waals surface area contributed by atoms with Gasteiger partial charge in [0, 0.05) is 59.1 Å². The minimum atomic E-state index is -0.792. The fourth-order valence-corrected chi connectivity index (χ4v) is 4.53. The first-order valence-electron chi connectivity index (χ1n) is 9.96. The van der Waals surface area contributed by atoms with Crippen LogP contribution in [0.25, 0.3) is 0 Å². The van der Waals surface area contributed by atoms with Crippen molar-refractivity contribution in [3.8, 4) is 0 Å². The normalized spacial score (nSPS) is 28.5. The summed E-state index contributed by atoms with van der Waals surface area (Å²) in [7, 11) is 4.17. The van der Waals surface area contributed by atoms with E-state index in [1.54, 1.807) is 0 Å². The number of rotatable bonds is 4. The van der Waals surface area contributed by atoms with Crippen molar-refractivity contribution in [2.45, 2.75) is 24.6 Å². The van der Waals surface area contributed by atoms with Crippen molar-refractivity contribution in [1.29, 1.82) is 0 Å². The number of likely N-dealkylation sites (tertiary alicyclic amines) is 1. The van der Waals surface area contributed by atoms with Gasteiger partial charge in [-0.15, -0.1) is 0 Å². The molecule has 1 aromatic heterocycles. The van der Waals surface area contributed by atoms with Gasteiger partial charge in [0.2, 0.25) is 0 Å². The summed E-state index contributed by atoms with van der Waals surface area (Å²) in [4.78, 5) is 7.34. The number of hydrogen-bond donors (Lipinski definition) is 1. The van der Waals surface area contributed by atoms with E-state index in [1.807, 2.05) is 36.1 Å². The third kappa shape index (κ3) is 3.80. The van der Waals surface area contributed by atoms with Crippen LogP contribution in [0.3, 0.4) is 0 Å². The van der Waals surface area contributed by atoms with Gasteiger partial charge in [-0.05, 0) is 25.1 Å². The maximum absolute atomic E-state index is 11.8. The average Bonchev–Trinajstić information content (AvgIpc) is 3.09. The topological polar surface area (TPSA) is 47.8 Å². The van der Waals surface area contributed by atoms with E-state index in [0.29, 0.717) is 0 Å². The van der Waals surface area contributed by atoms with E-state index in [-0.39, 0.29) is 6.04 Å². The average molecular weight is 370 g/mol. The fourth-order valence-electron chi connectivity index (χ4n) is 4.53. The van der Waals surface area contributed by atoms with Gasteiger partial charge in [0.1, 0.15) is 5.60 Å². The molecule has 1 aromatic carbocycles. The summed E-state index contributed by atoms with van der Waals surface area (Å²) >= 11 is 0. The quantitative estimate of drug-likeness (QED) is 0.876. The highest BCUT2D eigenvalue weighted by Crippen LogP contribution is 2.36. The van der Waals surface area contributed by atoms with Crippen molar-refractivity contribution in [2.24, 2.45) is 7.05 Å². The van der Waals surface area contributed by atoms with Crippen LogP contribution in [0.1, 0.15) is 17.7 Å². The zero-order chi connectivity index (χ0) is 18.9. The van der Waals surface area contributed by atoms with Crippen LogP contribution >= 0.6 is 0 Å². The zero-order valence-electron chi connectivity index (χ0n) is 16.5. The molecule has 2 atom stereocenters. The molecule has 2 fully saturated rings. The highest BCUT2D eigenvalue weighted by Gasteiger charge is 2.46. The van der Waals surface area contributed by atoms with Gasteiger partial charge in [0.25, 0.3) is 0 Å². The number of likely N-dealkylation sites (N-methyl/N-ethyl adjacent to an activating group) is 1. The van der Waals surface area contributed by atoms with E-state index in [2.05, 4.69) is 45.0 Å². The Morgan fingerprint density at radius 2 is 1.78 bits per heavy atom. The Morgan fingerprint density at radius 3 is 2.44 bits per heavy atom. The molecule has 2 aliphatic rings. The van der Waals surface area contributed by atoms with E-state index >= 15 is 0 Å². The lowest BCUT2D eigenvalue weighted by atomic mass is 9.79. The Labute approximate surface area is 162 Å². The largest absolute Gasteiger partial charge is 0.383 e. The predicted octanol–water partition coefficient (Wildman–Crippen LogP) is 1.13. The standard InChI is InChI=1S/C21H31N5O/c1-23-12-14-26(15-13-23)20-17-25(16-19-8-10-22-24(19)2)11-9-21(20,27)18-6-4-3-5-7-18/h3-8,10,20,27H,9,11-17H2,1-2H3/t20-,21+/m1/s1. The molecule has 4 rings (SSSR count). The van der Waals surface area contributed by atoms with Crippen molar-refractivity contribution >= 4 is 0 Å². The van der Waals surface area contributed by atoms with E-state index in [4.69, 9.17) is 0 Å². The van der Waals surface area contributed by atoms with Crippen LogP contribution in [0.15, 0.2) is 42.6 Å². The van der Waals surface area contributed by atoms with Crippen LogP contribution in [0.4, 0.5) is 0 Å². The number of piperazine rings is 1. The third-order valence-corrected chi connectivity index (χ3v) is 6.35. The molecule has 0 saturated carbocycles. The van der Waals surface area contributed by atoms with Gasteiger partial charge >= 0.3 is 0 Å². The molecule has 0 unspecified atom stereocenters. The van der Waals surface area contributed by atoms with E-state index in [9.17, 15) is 5.11 Å². The van der Waals surface area contributed by atoms with Crippen molar-refractivity contribution in [3.05, 3.63) is 53.9 Å². The smallest absolute Gasteiger partial charge is 0.108 e. The number of aromatic nitrogens is 2. The van der Waals surface area contributed by atoms with Crippen LogP contribution in [0, 0.1) is 0 Å². The van der Waals surface area contributed by atoms with Gasteiger partial charge < -0.3 is 10.0 Å². The molecule has 146 valence electrons. The molecule has 27 heavy (non-hydrogen) atoms. The summed E-state index contributed by atoms with van der Waals surface area (Å²) in [6, 6.07) is 12.5. The second-order valence-corrected chi connectivity index (χ2v) is 8.08. The van der Waals surface area contributed by atoms with Crippen LogP contribution in [-0.2, 0) is 19.2 Å². The second kappa shape index (κ2) is 7.72. The SMILES string of the molecule is CN1CCN([C@@H]2CN(Cc3ccnn3C)CC[C@]2(O)c2ccccc2)CC1. The molecule has 0 amide bonds. The molecule has 0 radical (unpaired) electrons. The summed E-state index contributed by atoms with van der Waals surface area (Å²) in [5.74, 6) is 0. The molecule has 0 aliphatic carbocycles. The molecule has 1 N–H and O–H groups in total. The summed E-state index contributed by atoms with van der Waals surface area (Å²) < 4.78 is 1.95. The monoisotopic (exact) mass is 369 g/mol. The highest BCUT2D eigenvalue weighted by atomic mass is 16.3. The number of piperidine rings is 1. The highest BCUT2D eigenvalue weighted by molar-refractivity contribution is 5.26. The van der Waals surface area contributed by atoms with Gasteiger partial charge in [-0.2, -0.15) is 5.10 Å². The lowest BCUT2D eigenvalue weighted by Gasteiger charge is -2.51. The van der Waals surface area contributed by atoms with Crippen LogP contribution in [0.5, 0.6) is 0 Å². The molecule has 6 heteroatoms. The Kier molecular flexibility index (Phi) is 5.32. The summed E-state index contributed by atoms with van der Waals surface area (Å²) in [6.07, 6.45) is 2.61. The molecule has 2 aliphatic heterocycles. The first-order chi connectivity index (χ1) is 13.1. The van der Waals surface area contributed by atoms with Gasteiger partial charge in [-0.3, -0.25) is 14.5 Å². The van der Waals surface area contributed by atoms with E-state index < -0.39 is 5.60 Å². The molecule has 2 aromatic rings. The van der Waals surface area contributed by atoms with Crippen LogP contribution in [-0.4, -0.2) is 81.9 Å². The maximum atomic E-state index is 11.8. The molecule has 6 nitrogen and oxygen atoms in total. The Balaban J connectivity index is 1.57. The first kappa shape index (κ1) is 18.6.